The summed E-state index contributed by atoms with van der Waals surface area (Å²) < 4.78 is 5.73. The van der Waals surface area contributed by atoms with Crippen LogP contribution in [0.15, 0.2) is 60.7 Å². The fourth-order valence-electron chi connectivity index (χ4n) is 3.00. The molecule has 31 heavy (non-hydrogen) atoms. The highest BCUT2D eigenvalue weighted by Crippen LogP contribution is 2.24. The van der Waals surface area contributed by atoms with Crippen molar-refractivity contribution in [2.45, 2.75) is 33.8 Å². The maximum atomic E-state index is 12.6. The molecule has 0 aliphatic rings. The predicted molar refractivity (Wildman–Crippen MR) is 125 cm³/mol. The molecule has 1 atom stereocenters. The molecule has 3 aromatic carbocycles. The minimum Gasteiger partial charge on any atom is -0.481 e. The lowest BCUT2D eigenvalue weighted by molar-refractivity contribution is -0.122. The van der Waals surface area contributed by atoms with Gasteiger partial charge in [-0.3, -0.25) is 9.59 Å². The van der Waals surface area contributed by atoms with Crippen molar-refractivity contribution in [3.8, 4) is 5.75 Å². The first-order chi connectivity index (χ1) is 14.8. The molecule has 5 nitrogen and oxygen atoms in total. The van der Waals surface area contributed by atoms with Crippen LogP contribution in [0.5, 0.6) is 5.75 Å². The first kappa shape index (κ1) is 22.4. The van der Waals surface area contributed by atoms with Gasteiger partial charge in [-0.2, -0.15) is 0 Å². The van der Waals surface area contributed by atoms with Crippen LogP contribution in [0.25, 0.3) is 0 Å². The quantitative estimate of drug-likeness (QED) is 0.503. The van der Waals surface area contributed by atoms with Gasteiger partial charge in [-0.15, -0.1) is 0 Å². The molecule has 0 saturated heterocycles. The van der Waals surface area contributed by atoms with E-state index in [1.165, 1.54) is 0 Å². The van der Waals surface area contributed by atoms with Crippen LogP contribution < -0.4 is 15.4 Å². The van der Waals surface area contributed by atoms with Crippen LogP contribution in [-0.2, 0) is 4.79 Å². The lowest BCUT2D eigenvalue weighted by Gasteiger charge is -2.16. The van der Waals surface area contributed by atoms with Gasteiger partial charge in [0.2, 0.25) is 0 Å². The summed E-state index contributed by atoms with van der Waals surface area (Å²) in [6.45, 7) is 7.48. The summed E-state index contributed by atoms with van der Waals surface area (Å²) in [6.07, 6.45) is -0.729. The van der Waals surface area contributed by atoms with E-state index in [9.17, 15) is 9.59 Å². The topological polar surface area (TPSA) is 67.4 Å². The van der Waals surface area contributed by atoms with Gasteiger partial charge in [0.05, 0.1) is 0 Å². The largest absolute Gasteiger partial charge is 0.481 e. The van der Waals surface area contributed by atoms with Crippen LogP contribution >= 0.6 is 11.6 Å². The summed E-state index contributed by atoms with van der Waals surface area (Å²) >= 11 is 6.10. The number of ether oxygens (including phenoxy) is 1. The summed E-state index contributed by atoms with van der Waals surface area (Å²) in [4.78, 5) is 25.0. The van der Waals surface area contributed by atoms with Gasteiger partial charge in [-0.1, -0.05) is 29.8 Å². The third-order valence-electron chi connectivity index (χ3n) is 5.18. The lowest BCUT2D eigenvalue weighted by atomic mass is 10.1. The molecule has 2 N–H and O–H groups in total. The van der Waals surface area contributed by atoms with Gasteiger partial charge in [0, 0.05) is 22.0 Å². The number of rotatable bonds is 6. The average molecular weight is 437 g/mol. The summed E-state index contributed by atoms with van der Waals surface area (Å²) in [5.41, 5.74) is 4.87. The smallest absolute Gasteiger partial charge is 0.265 e. The Labute approximate surface area is 187 Å². The SMILES string of the molecule is Cc1cccc(NC(=O)c2ccc(OC(C)C(=O)Nc3cccc(Cl)c3C)cc2)c1C. The Kier molecular flexibility index (Phi) is 6.98. The predicted octanol–water partition coefficient (Wildman–Crippen LogP) is 5.92. The molecule has 0 fully saturated rings. The molecule has 3 aromatic rings. The van der Waals surface area contributed by atoms with Gasteiger partial charge in [0.25, 0.3) is 11.8 Å². The Morgan fingerprint density at radius 2 is 1.45 bits per heavy atom. The second kappa shape index (κ2) is 9.67. The number of anilines is 2. The Bertz CT molecular complexity index is 1110. The third-order valence-corrected chi connectivity index (χ3v) is 5.59. The summed E-state index contributed by atoms with van der Waals surface area (Å²) in [7, 11) is 0. The molecule has 0 heterocycles. The Morgan fingerprint density at radius 3 is 2.13 bits per heavy atom. The zero-order valence-corrected chi connectivity index (χ0v) is 18.7. The van der Waals surface area contributed by atoms with Crippen molar-refractivity contribution >= 4 is 34.8 Å². The Morgan fingerprint density at radius 1 is 0.839 bits per heavy atom. The number of hydrogen-bond donors (Lipinski definition) is 2. The molecule has 0 saturated carbocycles. The van der Waals surface area contributed by atoms with Crippen molar-refractivity contribution in [1.29, 1.82) is 0 Å². The normalized spacial score (nSPS) is 11.5. The van der Waals surface area contributed by atoms with Crippen LogP contribution in [0.3, 0.4) is 0 Å². The summed E-state index contributed by atoms with van der Waals surface area (Å²) in [5.74, 6) is -0.00154. The van der Waals surface area contributed by atoms with Gasteiger partial charge < -0.3 is 15.4 Å². The van der Waals surface area contributed by atoms with E-state index in [4.69, 9.17) is 16.3 Å². The van der Waals surface area contributed by atoms with Crippen LogP contribution in [0.1, 0.15) is 34.0 Å². The highest BCUT2D eigenvalue weighted by Gasteiger charge is 2.17. The number of aryl methyl sites for hydroxylation is 1. The van der Waals surface area contributed by atoms with E-state index in [0.717, 1.165) is 22.4 Å². The molecule has 0 aliphatic heterocycles. The van der Waals surface area contributed by atoms with E-state index in [1.807, 2.05) is 39.0 Å². The standard InChI is InChI=1S/C25H25ClN2O3/c1-15-7-5-9-22(16(15)2)28-25(30)19-11-13-20(14-12-19)31-18(4)24(29)27-23-10-6-8-21(26)17(23)3/h5-14,18H,1-4H3,(H,27,29)(H,28,30). The molecular weight excluding hydrogens is 412 g/mol. The Balaban J connectivity index is 1.61. The first-order valence-electron chi connectivity index (χ1n) is 9.96. The summed E-state index contributed by atoms with van der Waals surface area (Å²) in [6, 6.07) is 17.8. The van der Waals surface area contributed by atoms with Crippen molar-refractivity contribution < 1.29 is 14.3 Å². The number of carbonyl (C=O) groups excluding carboxylic acids is 2. The van der Waals surface area contributed by atoms with Crippen LogP contribution in [0.2, 0.25) is 5.02 Å². The number of benzene rings is 3. The fourth-order valence-corrected chi connectivity index (χ4v) is 3.18. The number of nitrogens with one attached hydrogen (secondary N) is 2. The fraction of sp³-hybridized carbons (Fsp3) is 0.200. The van der Waals surface area contributed by atoms with E-state index in [1.54, 1.807) is 49.4 Å². The van der Waals surface area contributed by atoms with E-state index >= 15 is 0 Å². The van der Waals surface area contributed by atoms with Crippen molar-refractivity contribution in [3.05, 3.63) is 87.9 Å². The molecule has 1 unspecified atom stereocenters. The highest BCUT2D eigenvalue weighted by atomic mass is 35.5. The number of halogens is 1. The van der Waals surface area contributed by atoms with Gasteiger partial charge in [-0.25, -0.2) is 0 Å². The minimum absolute atomic E-state index is 0.206. The van der Waals surface area contributed by atoms with Gasteiger partial charge in [-0.05, 0) is 86.8 Å². The molecule has 160 valence electrons. The number of amides is 2. The summed E-state index contributed by atoms with van der Waals surface area (Å²) in [5, 5.41) is 6.34. The number of carbonyl (C=O) groups is 2. The zero-order valence-electron chi connectivity index (χ0n) is 18.0. The molecule has 2 amide bonds. The second-order valence-electron chi connectivity index (χ2n) is 7.39. The average Bonchev–Trinajstić information content (AvgIpc) is 2.75. The molecule has 3 rings (SSSR count). The molecular formula is C25H25ClN2O3. The maximum absolute atomic E-state index is 12.6. The van der Waals surface area contributed by atoms with E-state index in [0.29, 0.717) is 22.0 Å². The van der Waals surface area contributed by atoms with Gasteiger partial charge >= 0.3 is 0 Å². The lowest BCUT2D eigenvalue weighted by Crippen LogP contribution is -2.30. The molecule has 0 aromatic heterocycles. The zero-order chi connectivity index (χ0) is 22.5. The molecule has 0 aliphatic carbocycles. The maximum Gasteiger partial charge on any atom is 0.265 e. The minimum atomic E-state index is -0.729. The molecule has 0 spiro atoms. The van der Waals surface area contributed by atoms with Crippen LogP contribution in [0, 0.1) is 20.8 Å². The monoisotopic (exact) mass is 436 g/mol. The van der Waals surface area contributed by atoms with Crippen molar-refractivity contribution in [2.24, 2.45) is 0 Å². The first-order valence-corrected chi connectivity index (χ1v) is 10.3. The second-order valence-corrected chi connectivity index (χ2v) is 7.79. The van der Waals surface area contributed by atoms with E-state index < -0.39 is 6.10 Å². The van der Waals surface area contributed by atoms with Crippen LogP contribution in [0.4, 0.5) is 11.4 Å². The number of hydrogen-bond acceptors (Lipinski definition) is 3. The van der Waals surface area contributed by atoms with Crippen molar-refractivity contribution in [1.82, 2.24) is 0 Å². The third kappa shape index (κ3) is 5.44. The van der Waals surface area contributed by atoms with Gasteiger partial charge in [0.15, 0.2) is 6.10 Å². The van der Waals surface area contributed by atoms with E-state index in [-0.39, 0.29) is 11.8 Å². The molecule has 0 bridgehead atoms. The highest BCUT2D eigenvalue weighted by molar-refractivity contribution is 6.31. The van der Waals surface area contributed by atoms with Gasteiger partial charge in [0.1, 0.15) is 5.75 Å². The molecule has 0 radical (unpaired) electrons. The molecule has 6 heteroatoms. The Hall–Kier alpha value is -3.31. The van der Waals surface area contributed by atoms with Crippen LogP contribution in [-0.4, -0.2) is 17.9 Å². The van der Waals surface area contributed by atoms with Crippen molar-refractivity contribution in [2.75, 3.05) is 10.6 Å². The van der Waals surface area contributed by atoms with E-state index in [2.05, 4.69) is 10.6 Å². The van der Waals surface area contributed by atoms with Crippen molar-refractivity contribution in [3.63, 3.8) is 0 Å².